The Kier molecular flexibility index (Phi) is 6.47. The molecule has 1 amide bonds. The minimum atomic E-state index is -0.745. The standard InChI is InChI=1S/C13H11NO2.C3H6O2/c15-12-9-5-4-8-11(12)14-13(16)10-6-2-1-3-7-10;1-2-3(4)5/h1-9,15H,(H,14,16);2H2,1H3,(H,4,5). The van der Waals surface area contributed by atoms with Gasteiger partial charge in [0.2, 0.25) is 0 Å². The van der Waals surface area contributed by atoms with Gasteiger partial charge >= 0.3 is 5.97 Å². The molecule has 0 radical (unpaired) electrons. The SMILES string of the molecule is CCC(=O)O.O=C(Nc1ccccc1O)c1ccccc1. The number of nitrogens with one attached hydrogen (secondary N) is 1. The highest BCUT2D eigenvalue weighted by molar-refractivity contribution is 6.04. The summed E-state index contributed by atoms with van der Waals surface area (Å²) in [7, 11) is 0. The van der Waals surface area contributed by atoms with Crippen LogP contribution in [0.3, 0.4) is 0 Å². The maximum atomic E-state index is 11.7. The number of aliphatic carboxylic acids is 1. The van der Waals surface area contributed by atoms with Gasteiger partial charge in [-0.1, -0.05) is 37.3 Å². The van der Waals surface area contributed by atoms with Gasteiger partial charge in [0, 0.05) is 12.0 Å². The zero-order chi connectivity index (χ0) is 15.7. The van der Waals surface area contributed by atoms with Crippen LogP contribution in [0.4, 0.5) is 5.69 Å². The van der Waals surface area contributed by atoms with Crippen molar-refractivity contribution in [3.05, 3.63) is 60.2 Å². The maximum absolute atomic E-state index is 11.7. The van der Waals surface area contributed by atoms with Crippen molar-refractivity contribution in [1.29, 1.82) is 0 Å². The molecule has 0 fully saturated rings. The quantitative estimate of drug-likeness (QED) is 0.757. The molecule has 0 aliphatic rings. The van der Waals surface area contributed by atoms with E-state index in [0.29, 0.717) is 11.3 Å². The average Bonchev–Trinajstić information content (AvgIpc) is 2.51. The number of phenols is 1. The molecule has 2 aromatic rings. The molecule has 0 aromatic heterocycles. The third kappa shape index (κ3) is 5.78. The second kappa shape index (κ2) is 8.37. The summed E-state index contributed by atoms with van der Waals surface area (Å²) in [6, 6.07) is 15.5. The molecule has 0 unspecified atom stereocenters. The topological polar surface area (TPSA) is 86.6 Å². The minimum Gasteiger partial charge on any atom is -0.506 e. The predicted octanol–water partition coefficient (Wildman–Crippen LogP) is 3.13. The van der Waals surface area contributed by atoms with E-state index >= 15 is 0 Å². The lowest BCUT2D eigenvalue weighted by atomic mass is 10.2. The first kappa shape index (κ1) is 16.2. The molecule has 0 spiro atoms. The Bertz CT molecular complexity index is 596. The van der Waals surface area contributed by atoms with Crippen LogP contribution in [0.25, 0.3) is 0 Å². The molecule has 0 saturated heterocycles. The van der Waals surface area contributed by atoms with E-state index in [1.54, 1.807) is 49.4 Å². The Morgan fingerprint density at radius 1 is 1.00 bits per heavy atom. The molecule has 5 heteroatoms. The Morgan fingerprint density at radius 3 is 2.05 bits per heavy atom. The number of hydrogen-bond acceptors (Lipinski definition) is 3. The van der Waals surface area contributed by atoms with Crippen LogP contribution in [0.5, 0.6) is 5.75 Å². The van der Waals surface area contributed by atoms with Crippen LogP contribution in [0.15, 0.2) is 54.6 Å². The number of carbonyl (C=O) groups is 2. The second-order valence-electron chi connectivity index (χ2n) is 4.08. The zero-order valence-electron chi connectivity index (χ0n) is 11.6. The summed E-state index contributed by atoms with van der Waals surface area (Å²) in [6.07, 6.45) is 0.222. The summed E-state index contributed by atoms with van der Waals surface area (Å²) in [5.41, 5.74) is 0.974. The lowest BCUT2D eigenvalue weighted by molar-refractivity contribution is -0.136. The first-order valence-corrected chi connectivity index (χ1v) is 6.40. The van der Waals surface area contributed by atoms with Gasteiger partial charge < -0.3 is 15.5 Å². The molecular weight excluding hydrogens is 270 g/mol. The maximum Gasteiger partial charge on any atom is 0.303 e. The zero-order valence-corrected chi connectivity index (χ0v) is 11.6. The van der Waals surface area contributed by atoms with Crippen LogP contribution in [-0.4, -0.2) is 22.1 Å². The largest absolute Gasteiger partial charge is 0.506 e. The van der Waals surface area contributed by atoms with Crippen molar-refractivity contribution in [3.63, 3.8) is 0 Å². The highest BCUT2D eigenvalue weighted by Gasteiger charge is 2.06. The van der Waals surface area contributed by atoms with Crippen LogP contribution >= 0.6 is 0 Å². The molecule has 21 heavy (non-hydrogen) atoms. The van der Waals surface area contributed by atoms with Crippen molar-refractivity contribution in [2.75, 3.05) is 5.32 Å². The number of carbonyl (C=O) groups excluding carboxylic acids is 1. The Morgan fingerprint density at radius 2 is 1.52 bits per heavy atom. The normalized spacial score (nSPS) is 9.19. The number of benzene rings is 2. The van der Waals surface area contributed by atoms with E-state index in [9.17, 15) is 14.7 Å². The molecule has 110 valence electrons. The Labute approximate surface area is 122 Å². The number of hydrogen-bond donors (Lipinski definition) is 3. The third-order valence-corrected chi connectivity index (χ3v) is 2.49. The van der Waals surface area contributed by atoms with Crippen LogP contribution in [0.1, 0.15) is 23.7 Å². The smallest absolute Gasteiger partial charge is 0.303 e. The molecule has 2 aromatic carbocycles. The summed E-state index contributed by atoms with van der Waals surface area (Å²) in [5.74, 6) is -0.918. The lowest BCUT2D eigenvalue weighted by Gasteiger charge is -2.06. The van der Waals surface area contributed by atoms with Crippen LogP contribution in [0, 0.1) is 0 Å². The van der Waals surface area contributed by atoms with E-state index in [1.807, 2.05) is 6.07 Å². The monoisotopic (exact) mass is 287 g/mol. The van der Waals surface area contributed by atoms with Crippen molar-refractivity contribution in [2.45, 2.75) is 13.3 Å². The van der Waals surface area contributed by atoms with E-state index in [4.69, 9.17) is 5.11 Å². The number of para-hydroxylation sites is 2. The van der Waals surface area contributed by atoms with Gasteiger partial charge in [0.05, 0.1) is 5.69 Å². The lowest BCUT2D eigenvalue weighted by Crippen LogP contribution is -2.11. The molecule has 3 N–H and O–H groups in total. The van der Waals surface area contributed by atoms with E-state index < -0.39 is 5.97 Å². The number of carboxylic acids is 1. The molecular formula is C16H17NO4. The fraction of sp³-hybridized carbons (Fsp3) is 0.125. The second-order valence-corrected chi connectivity index (χ2v) is 4.08. The number of rotatable bonds is 3. The van der Waals surface area contributed by atoms with Gasteiger partial charge in [-0.05, 0) is 24.3 Å². The summed E-state index contributed by atoms with van der Waals surface area (Å²) in [4.78, 5) is 21.1. The number of amides is 1. The van der Waals surface area contributed by atoms with Gasteiger partial charge in [0.25, 0.3) is 5.91 Å². The van der Waals surface area contributed by atoms with Gasteiger partial charge in [-0.2, -0.15) is 0 Å². The van der Waals surface area contributed by atoms with Crippen molar-refractivity contribution in [1.82, 2.24) is 0 Å². The van der Waals surface area contributed by atoms with Crippen LogP contribution < -0.4 is 5.32 Å². The molecule has 0 atom stereocenters. The molecule has 0 heterocycles. The summed E-state index contributed by atoms with van der Waals surface area (Å²) in [5, 5.41) is 19.9. The average molecular weight is 287 g/mol. The highest BCUT2D eigenvalue weighted by Crippen LogP contribution is 2.21. The summed E-state index contributed by atoms with van der Waals surface area (Å²) >= 11 is 0. The Hall–Kier alpha value is -2.82. The number of aromatic hydroxyl groups is 1. The van der Waals surface area contributed by atoms with Gasteiger partial charge in [-0.25, -0.2) is 0 Å². The Balaban J connectivity index is 0.000000383. The first-order valence-electron chi connectivity index (χ1n) is 6.40. The van der Waals surface area contributed by atoms with Crippen molar-refractivity contribution < 1.29 is 19.8 Å². The molecule has 5 nitrogen and oxygen atoms in total. The van der Waals surface area contributed by atoms with Gasteiger partial charge in [0.1, 0.15) is 5.75 Å². The molecule has 0 aliphatic carbocycles. The van der Waals surface area contributed by atoms with Gasteiger partial charge in [-0.3, -0.25) is 9.59 Å². The summed E-state index contributed by atoms with van der Waals surface area (Å²) in [6.45, 7) is 1.60. The molecule has 0 bridgehead atoms. The third-order valence-electron chi connectivity index (χ3n) is 2.49. The van der Waals surface area contributed by atoms with Crippen LogP contribution in [0.2, 0.25) is 0 Å². The van der Waals surface area contributed by atoms with Crippen molar-refractivity contribution in [3.8, 4) is 5.75 Å². The van der Waals surface area contributed by atoms with Crippen molar-refractivity contribution >= 4 is 17.6 Å². The van der Waals surface area contributed by atoms with E-state index in [1.165, 1.54) is 6.07 Å². The first-order chi connectivity index (χ1) is 10.0. The number of anilines is 1. The van der Waals surface area contributed by atoms with Crippen molar-refractivity contribution in [2.24, 2.45) is 0 Å². The number of phenolic OH excluding ortho intramolecular Hbond substituents is 1. The molecule has 0 saturated carbocycles. The fourth-order valence-electron chi connectivity index (χ4n) is 1.36. The fourth-order valence-corrected chi connectivity index (χ4v) is 1.36. The molecule has 0 aliphatic heterocycles. The van der Waals surface area contributed by atoms with E-state index in [0.717, 1.165) is 0 Å². The van der Waals surface area contributed by atoms with Gasteiger partial charge in [0.15, 0.2) is 0 Å². The summed E-state index contributed by atoms with van der Waals surface area (Å²) < 4.78 is 0. The van der Waals surface area contributed by atoms with Crippen LogP contribution in [-0.2, 0) is 4.79 Å². The van der Waals surface area contributed by atoms with Gasteiger partial charge in [-0.15, -0.1) is 0 Å². The van der Waals surface area contributed by atoms with E-state index in [2.05, 4.69) is 5.32 Å². The molecule has 2 rings (SSSR count). The van der Waals surface area contributed by atoms with E-state index in [-0.39, 0.29) is 18.1 Å². The minimum absolute atomic E-state index is 0.0618. The predicted molar refractivity (Wildman–Crippen MR) is 80.4 cm³/mol. The highest BCUT2D eigenvalue weighted by atomic mass is 16.4. The number of carboxylic acid groups (broad SMARTS) is 1.